The van der Waals surface area contributed by atoms with E-state index in [1.165, 1.54) is 23.1 Å². The second-order valence-corrected chi connectivity index (χ2v) is 4.06. The number of anilines is 1. The Balaban J connectivity index is 1.79. The minimum absolute atomic E-state index is 0.189. The van der Waals surface area contributed by atoms with E-state index in [-0.39, 0.29) is 11.6 Å². The number of furan rings is 1. The molecule has 10 heteroatoms. The van der Waals surface area contributed by atoms with Crippen molar-refractivity contribution in [3.63, 3.8) is 0 Å². The Kier molecular flexibility index (Phi) is 3.32. The molecule has 110 valence electrons. The fourth-order valence-electron chi connectivity index (χ4n) is 1.67. The Morgan fingerprint density at radius 2 is 2.23 bits per heavy atom. The number of nitro groups is 1. The highest BCUT2D eigenvalue weighted by molar-refractivity contribution is 6.01. The molecule has 1 amide bonds. The van der Waals surface area contributed by atoms with Crippen molar-refractivity contribution in [1.29, 1.82) is 0 Å². The van der Waals surface area contributed by atoms with E-state index in [1.54, 1.807) is 18.5 Å². The monoisotopic (exact) mass is 300 g/mol. The van der Waals surface area contributed by atoms with Gasteiger partial charge in [-0.25, -0.2) is 14.6 Å². The number of rotatable bonds is 4. The summed E-state index contributed by atoms with van der Waals surface area (Å²) in [5, 5.41) is 17.0. The van der Waals surface area contributed by atoms with Gasteiger partial charge in [-0.15, -0.1) is 0 Å². The zero-order valence-corrected chi connectivity index (χ0v) is 10.9. The molecular formula is C12H8N6O4. The van der Waals surface area contributed by atoms with E-state index >= 15 is 0 Å². The van der Waals surface area contributed by atoms with Gasteiger partial charge in [0.15, 0.2) is 11.6 Å². The van der Waals surface area contributed by atoms with Gasteiger partial charge in [-0.3, -0.25) is 14.9 Å². The van der Waals surface area contributed by atoms with E-state index in [4.69, 9.17) is 4.42 Å². The van der Waals surface area contributed by atoms with E-state index < -0.39 is 16.7 Å². The number of nitrogens with zero attached hydrogens (tertiary/aromatic N) is 5. The Bertz CT molecular complexity index is 826. The third kappa shape index (κ3) is 2.65. The number of nitrogens with one attached hydrogen (secondary N) is 1. The summed E-state index contributed by atoms with van der Waals surface area (Å²) in [4.78, 5) is 29.6. The van der Waals surface area contributed by atoms with Crippen LogP contribution < -0.4 is 5.32 Å². The van der Waals surface area contributed by atoms with Crippen molar-refractivity contribution in [3.8, 4) is 5.82 Å². The van der Waals surface area contributed by atoms with Gasteiger partial charge in [-0.05, 0) is 12.1 Å². The highest BCUT2D eigenvalue weighted by Gasteiger charge is 2.17. The molecule has 0 atom stereocenters. The lowest BCUT2D eigenvalue weighted by atomic mass is 10.4. The minimum Gasteiger partial charge on any atom is -0.395 e. The van der Waals surface area contributed by atoms with E-state index in [0.717, 1.165) is 6.07 Å². The second kappa shape index (κ2) is 5.44. The molecule has 0 saturated carbocycles. The van der Waals surface area contributed by atoms with Crippen molar-refractivity contribution in [2.45, 2.75) is 0 Å². The topological polar surface area (TPSA) is 129 Å². The molecule has 0 unspecified atom stereocenters. The minimum atomic E-state index is -0.725. The highest BCUT2D eigenvalue weighted by Crippen LogP contribution is 2.17. The molecule has 0 radical (unpaired) electrons. The van der Waals surface area contributed by atoms with Crippen LogP contribution in [0.15, 0.2) is 47.4 Å². The van der Waals surface area contributed by atoms with Crippen LogP contribution in [-0.2, 0) is 0 Å². The summed E-state index contributed by atoms with van der Waals surface area (Å²) in [7, 11) is 0. The molecule has 1 N–H and O–H groups in total. The lowest BCUT2D eigenvalue weighted by molar-refractivity contribution is -0.402. The van der Waals surface area contributed by atoms with Gasteiger partial charge in [0, 0.05) is 18.5 Å². The lowest BCUT2D eigenvalue weighted by Gasteiger charge is -2.04. The average molecular weight is 300 g/mol. The highest BCUT2D eigenvalue weighted by atomic mass is 16.6. The van der Waals surface area contributed by atoms with E-state index in [0.29, 0.717) is 5.82 Å². The number of aromatic nitrogens is 4. The molecule has 3 aromatic heterocycles. The molecule has 0 aromatic carbocycles. The van der Waals surface area contributed by atoms with Gasteiger partial charge in [0.25, 0.3) is 5.91 Å². The van der Waals surface area contributed by atoms with Crippen LogP contribution in [0.4, 0.5) is 11.7 Å². The van der Waals surface area contributed by atoms with Crippen LogP contribution in [0.1, 0.15) is 10.6 Å². The summed E-state index contributed by atoms with van der Waals surface area (Å²) in [6.45, 7) is 0. The molecule has 22 heavy (non-hydrogen) atoms. The molecule has 0 aliphatic rings. The Hall–Kier alpha value is -3.56. The van der Waals surface area contributed by atoms with Crippen LogP contribution in [-0.4, -0.2) is 30.6 Å². The smallest absolute Gasteiger partial charge is 0.395 e. The summed E-state index contributed by atoms with van der Waals surface area (Å²) in [6.07, 6.45) is 4.53. The number of carbonyl (C=O) groups excluding carboxylic acids is 1. The maximum Gasteiger partial charge on any atom is 0.433 e. The fourth-order valence-corrected chi connectivity index (χ4v) is 1.67. The van der Waals surface area contributed by atoms with E-state index in [1.807, 2.05) is 0 Å². The average Bonchev–Trinajstić information content (AvgIpc) is 3.19. The van der Waals surface area contributed by atoms with Crippen LogP contribution in [0.2, 0.25) is 0 Å². The number of carbonyl (C=O) groups is 1. The van der Waals surface area contributed by atoms with Crippen molar-refractivity contribution in [2.75, 3.05) is 5.32 Å². The van der Waals surface area contributed by atoms with Gasteiger partial charge < -0.3 is 9.73 Å². The van der Waals surface area contributed by atoms with Crippen LogP contribution in [0.5, 0.6) is 0 Å². The number of amides is 1. The molecule has 0 aliphatic heterocycles. The molecule has 3 heterocycles. The van der Waals surface area contributed by atoms with Gasteiger partial charge in [-0.1, -0.05) is 0 Å². The standard InChI is InChI=1S/C12H8N6O4/c19-12(8-2-3-11(22-8)18(20)21)16-9-6-10(14-7-13-9)17-5-1-4-15-17/h1-7H,(H,13,14,16,19). The predicted molar refractivity (Wildman–Crippen MR) is 72.5 cm³/mol. The van der Waals surface area contributed by atoms with Gasteiger partial charge in [-0.2, -0.15) is 5.10 Å². The predicted octanol–water partition coefficient (Wildman–Crippen LogP) is 1.42. The van der Waals surface area contributed by atoms with Crippen molar-refractivity contribution < 1.29 is 14.1 Å². The van der Waals surface area contributed by atoms with Crippen molar-refractivity contribution in [3.05, 3.63) is 58.9 Å². The molecule has 10 nitrogen and oxygen atoms in total. The lowest BCUT2D eigenvalue weighted by Crippen LogP contribution is -2.13. The molecule has 0 saturated heterocycles. The third-order valence-electron chi connectivity index (χ3n) is 2.63. The summed E-state index contributed by atoms with van der Waals surface area (Å²) < 4.78 is 6.30. The Labute approximate surface area is 122 Å². The van der Waals surface area contributed by atoms with Crippen LogP contribution in [0.3, 0.4) is 0 Å². The maximum absolute atomic E-state index is 11.9. The second-order valence-electron chi connectivity index (χ2n) is 4.06. The molecule has 0 fully saturated rings. The quantitative estimate of drug-likeness (QED) is 0.569. The van der Waals surface area contributed by atoms with Crippen LogP contribution in [0.25, 0.3) is 5.82 Å². The summed E-state index contributed by atoms with van der Waals surface area (Å²) in [6, 6.07) is 5.54. The van der Waals surface area contributed by atoms with Crippen molar-refractivity contribution in [1.82, 2.24) is 19.7 Å². The van der Waals surface area contributed by atoms with Crippen molar-refractivity contribution in [2.24, 2.45) is 0 Å². The Morgan fingerprint density at radius 3 is 2.91 bits per heavy atom. The molecular weight excluding hydrogens is 292 g/mol. The summed E-state index contributed by atoms with van der Waals surface area (Å²) in [5.41, 5.74) is 0. The molecule has 3 aromatic rings. The van der Waals surface area contributed by atoms with Crippen LogP contribution >= 0.6 is 0 Å². The van der Waals surface area contributed by atoms with Gasteiger partial charge >= 0.3 is 5.88 Å². The zero-order chi connectivity index (χ0) is 15.5. The summed E-state index contributed by atoms with van der Waals surface area (Å²) in [5.74, 6) is -0.681. The molecule has 0 aliphatic carbocycles. The fraction of sp³-hybridized carbons (Fsp3) is 0. The maximum atomic E-state index is 11.9. The van der Waals surface area contributed by atoms with Crippen LogP contribution in [0, 0.1) is 10.1 Å². The largest absolute Gasteiger partial charge is 0.433 e. The normalized spacial score (nSPS) is 10.4. The first-order chi connectivity index (χ1) is 10.6. The Morgan fingerprint density at radius 1 is 1.36 bits per heavy atom. The zero-order valence-electron chi connectivity index (χ0n) is 10.9. The number of hydrogen-bond donors (Lipinski definition) is 1. The van der Waals surface area contributed by atoms with E-state index in [2.05, 4.69) is 20.4 Å². The third-order valence-corrected chi connectivity index (χ3v) is 2.63. The van der Waals surface area contributed by atoms with Gasteiger partial charge in [0.05, 0.1) is 6.07 Å². The first-order valence-corrected chi connectivity index (χ1v) is 6.01. The number of hydrogen-bond acceptors (Lipinski definition) is 7. The first-order valence-electron chi connectivity index (χ1n) is 6.01. The van der Waals surface area contributed by atoms with E-state index in [9.17, 15) is 14.9 Å². The molecule has 0 bridgehead atoms. The molecule has 0 spiro atoms. The SMILES string of the molecule is O=C(Nc1cc(-n2cccn2)ncn1)c1ccc([N+](=O)[O-])o1. The summed E-state index contributed by atoms with van der Waals surface area (Å²) >= 11 is 0. The van der Waals surface area contributed by atoms with Crippen molar-refractivity contribution >= 4 is 17.6 Å². The molecule has 3 rings (SSSR count). The van der Waals surface area contributed by atoms with Gasteiger partial charge in [0.2, 0.25) is 0 Å². The van der Waals surface area contributed by atoms with Gasteiger partial charge in [0.1, 0.15) is 17.1 Å². The first kappa shape index (κ1) is 13.4.